The highest BCUT2D eigenvalue weighted by atomic mass is 32.1. The van der Waals surface area contributed by atoms with Crippen LogP contribution in [0.15, 0.2) is 43.1 Å². The summed E-state index contributed by atoms with van der Waals surface area (Å²) in [5.74, 6) is 1.44. The van der Waals surface area contributed by atoms with Gasteiger partial charge in [-0.15, -0.1) is 22.7 Å². The Morgan fingerprint density at radius 2 is 1.32 bits per heavy atom. The first-order valence-corrected chi connectivity index (χ1v) is 10.7. The van der Waals surface area contributed by atoms with Gasteiger partial charge in [0.2, 0.25) is 11.9 Å². The summed E-state index contributed by atoms with van der Waals surface area (Å²) in [5.41, 5.74) is 8.19. The number of rotatable bonds is 4. The van der Waals surface area contributed by atoms with Crippen LogP contribution in [0, 0.1) is 0 Å². The number of hydrogen-bond acceptors (Lipinski definition) is 10. The standard InChI is InChI=1S/C18H18N8S2/c1-7-27-15-11(1)13(9-23-25-17-19-3-4-20-17)16-12(2-8-28-16)14(15)10-24-26-18-21-5-6-22-18/h1-2,7-10H,3-6H2,(H2,19,20,25)(H2,21,22,26)/b23-9-,24-10-. The molecule has 0 unspecified atom stereocenters. The minimum Gasteiger partial charge on any atom is -0.353 e. The second-order valence-corrected chi connectivity index (χ2v) is 8.04. The summed E-state index contributed by atoms with van der Waals surface area (Å²) >= 11 is 3.42. The van der Waals surface area contributed by atoms with Crippen LogP contribution in [0.5, 0.6) is 0 Å². The Balaban J connectivity index is 1.51. The number of hydrazone groups is 2. The van der Waals surface area contributed by atoms with Crippen molar-refractivity contribution in [1.29, 1.82) is 0 Å². The maximum Gasteiger partial charge on any atom is 0.212 e. The SMILES string of the molecule is C(=N/NC1=NCCN1)/c1c2ccsc2c(/C=N\NC2=NCCN2)c2ccsc12. The summed E-state index contributed by atoms with van der Waals surface area (Å²) in [5, 5.41) is 21.7. The van der Waals surface area contributed by atoms with Crippen molar-refractivity contribution in [2.45, 2.75) is 0 Å². The summed E-state index contributed by atoms with van der Waals surface area (Å²) in [4.78, 5) is 8.60. The minimum atomic E-state index is 0.721. The largest absolute Gasteiger partial charge is 0.353 e. The molecule has 1 aromatic carbocycles. The average molecular weight is 411 g/mol. The summed E-state index contributed by atoms with van der Waals surface area (Å²) in [6.45, 7) is 3.27. The van der Waals surface area contributed by atoms with Gasteiger partial charge < -0.3 is 10.6 Å². The second-order valence-electron chi connectivity index (χ2n) is 6.21. The molecule has 10 heteroatoms. The van der Waals surface area contributed by atoms with Crippen molar-refractivity contribution in [3.63, 3.8) is 0 Å². The molecule has 0 fully saturated rings. The number of nitrogens with zero attached hydrogens (tertiary/aromatic N) is 4. The van der Waals surface area contributed by atoms with Crippen molar-refractivity contribution in [2.24, 2.45) is 20.2 Å². The number of nitrogens with one attached hydrogen (secondary N) is 4. The van der Waals surface area contributed by atoms with Crippen LogP contribution >= 0.6 is 22.7 Å². The lowest BCUT2D eigenvalue weighted by molar-refractivity contribution is 0.920. The lowest BCUT2D eigenvalue weighted by Crippen LogP contribution is -2.30. The number of aliphatic imine (C=N–C) groups is 2. The van der Waals surface area contributed by atoms with Crippen LogP contribution in [0.25, 0.3) is 20.2 Å². The molecule has 4 heterocycles. The van der Waals surface area contributed by atoms with Crippen LogP contribution in [0.3, 0.4) is 0 Å². The van der Waals surface area contributed by atoms with E-state index in [0.717, 1.165) is 49.2 Å². The van der Waals surface area contributed by atoms with Crippen molar-refractivity contribution < 1.29 is 0 Å². The van der Waals surface area contributed by atoms with E-state index in [1.807, 2.05) is 12.4 Å². The summed E-state index contributed by atoms with van der Waals surface area (Å²) in [7, 11) is 0. The third-order valence-electron chi connectivity index (χ3n) is 4.48. The van der Waals surface area contributed by atoms with E-state index in [-0.39, 0.29) is 0 Å². The van der Waals surface area contributed by atoms with Gasteiger partial charge in [0.1, 0.15) is 0 Å². The van der Waals surface area contributed by atoms with Gasteiger partial charge in [-0.3, -0.25) is 0 Å². The van der Waals surface area contributed by atoms with Gasteiger partial charge in [0.15, 0.2) is 0 Å². The van der Waals surface area contributed by atoms with Crippen molar-refractivity contribution in [3.8, 4) is 0 Å². The second kappa shape index (κ2) is 7.56. The van der Waals surface area contributed by atoms with Crippen molar-refractivity contribution >= 4 is 67.2 Å². The van der Waals surface area contributed by atoms with E-state index in [9.17, 15) is 0 Å². The zero-order valence-corrected chi connectivity index (χ0v) is 16.5. The summed E-state index contributed by atoms with van der Waals surface area (Å²) in [6.07, 6.45) is 3.76. The van der Waals surface area contributed by atoms with E-state index >= 15 is 0 Å². The maximum atomic E-state index is 4.40. The smallest absolute Gasteiger partial charge is 0.212 e. The first-order valence-electron chi connectivity index (χ1n) is 8.95. The molecule has 2 aromatic heterocycles. The van der Waals surface area contributed by atoms with Crippen molar-refractivity contribution in [1.82, 2.24) is 21.5 Å². The Morgan fingerprint density at radius 3 is 1.75 bits per heavy atom. The van der Waals surface area contributed by atoms with Gasteiger partial charge in [-0.05, 0) is 22.9 Å². The van der Waals surface area contributed by atoms with Crippen LogP contribution in [-0.2, 0) is 0 Å². The lowest BCUT2D eigenvalue weighted by atomic mass is 10.0. The van der Waals surface area contributed by atoms with E-state index in [1.165, 1.54) is 20.2 Å². The third kappa shape index (κ3) is 3.20. The molecule has 28 heavy (non-hydrogen) atoms. The highest BCUT2D eigenvalue weighted by Crippen LogP contribution is 2.37. The predicted octanol–water partition coefficient (Wildman–Crippen LogP) is 1.88. The number of benzene rings is 1. The summed E-state index contributed by atoms with van der Waals surface area (Å²) < 4.78 is 2.38. The highest BCUT2D eigenvalue weighted by molar-refractivity contribution is 7.19. The van der Waals surface area contributed by atoms with Gasteiger partial charge in [-0.25, -0.2) is 20.8 Å². The van der Waals surface area contributed by atoms with Crippen LogP contribution in [0.1, 0.15) is 11.1 Å². The maximum absolute atomic E-state index is 4.40. The monoisotopic (exact) mass is 410 g/mol. The molecule has 0 radical (unpaired) electrons. The van der Waals surface area contributed by atoms with Gasteiger partial charge in [0, 0.05) is 44.4 Å². The Hall–Kier alpha value is -2.98. The molecule has 3 aromatic rings. The Kier molecular flexibility index (Phi) is 4.63. The minimum absolute atomic E-state index is 0.721. The molecule has 0 bridgehead atoms. The highest BCUT2D eigenvalue weighted by Gasteiger charge is 2.14. The molecule has 5 rings (SSSR count). The predicted molar refractivity (Wildman–Crippen MR) is 119 cm³/mol. The average Bonchev–Trinajstić information content (AvgIpc) is 3.50. The fourth-order valence-electron chi connectivity index (χ4n) is 3.22. The van der Waals surface area contributed by atoms with Crippen molar-refractivity contribution in [3.05, 3.63) is 34.0 Å². The van der Waals surface area contributed by atoms with Crippen molar-refractivity contribution in [2.75, 3.05) is 26.2 Å². The molecule has 0 spiro atoms. The topological polar surface area (TPSA) is 97.6 Å². The Bertz CT molecular complexity index is 1000. The molecule has 0 amide bonds. The number of hydrogen-bond donors (Lipinski definition) is 4. The molecule has 0 atom stereocenters. The molecule has 2 aliphatic heterocycles. The number of fused-ring (bicyclic) bond motifs is 2. The molecule has 0 saturated carbocycles. The van der Waals surface area contributed by atoms with E-state index in [4.69, 9.17) is 0 Å². The molecule has 0 aliphatic carbocycles. The van der Waals surface area contributed by atoms with Crippen LogP contribution in [-0.4, -0.2) is 50.5 Å². The lowest BCUT2D eigenvalue weighted by Gasteiger charge is -2.06. The zero-order valence-electron chi connectivity index (χ0n) is 14.9. The van der Waals surface area contributed by atoms with E-state index < -0.39 is 0 Å². The molecule has 4 N–H and O–H groups in total. The molecule has 2 aliphatic rings. The van der Waals surface area contributed by atoms with E-state index in [2.05, 4.69) is 64.6 Å². The normalized spacial score (nSPS) is 16.7. The summed E-state index contributed by atoms with van der Waals surface area (Å²) in [6, 6.07) is 4.28. The molecular weight excluding hydrogens is 392 g/mol. The molecule has 8 nitrogen and oxygen atoms in total. The quantitative estimate of drug-likeness (QED) is 0.390. The first-order chi connectivity index (χ1) is 13.9. The van der Waals surface area contributed by atoms with Crippen LogP contribution < -0.4 is 21.5 Å². The molecule has 142 valence electrons. The van der Waals surface area contributed by atoms with E-state index in [1.54, 1.807) is 22.7 Å². The van der Waals surface area contributed by atoms with E-state index in [0.29, 0.717) is 0 Å². The number of guanidine groups is 2. The number of thiophene rings is 2. The molecular formula is C18H18N8S2. The van der Waals surface area contributed by atoms with Crippen LogP contribution in [0.4, 0.5) is 0 Å². The van der Waals surface area contributed by atoms with Gasteiger partial charge in [-0.2, -0.15) is 10.2 Å². The van der Waals surface area contributed by atoms with Gasteiger partial charge in [-0.1, -0.05) is 0 Å². The first kappa shape index (κ1) is 17.1. The fraction of sp³-hybridized carbons (Fsp3) is 0.222. The Morgan fingerprint density at radius 1 is 0.821 bits per heavy atom. The Labute approximate surface area is 169 Å². The van der Waals surface area contributed by atoms with Crippen LogP contribution in [0.2, 0.25) is 0 Å². The van der Waals surface area contributed by atoms with Gasteiger partial charge in [0.25, 0.3) is 0 Å². The fourth-order valence-corrected chi connectivity index (χ4v) is 5.09. The van der Waals surface area contributed by atoms with Gasteiger partial charge >= 0.3 is 0 Å². The zero-order chi connectivity index (χ0) is 18.8. The van der Waals surface area contributed by atoms with Gasteiger partial charge in [0.05, 0.1) is 25.5 Å². The third-order valence-corrected chi connectivity index (χ3v) is 6.37. The molecule has 0 saturated heterocycles.